The molecular weight excluding hydrogens is 1510 g/mol. The van der Waals surface area contributed by atoms with Gasteiger partial charge in [-0.15, -0.1) is 0 Å². The van der Waals surface area contributed by atoms with Crippen LogP contribution in [0.2, 0.25) is 0 Å². The van der Waals surface area contributed by atoms with Gasteiger partial charge in [-0.2, -0.15) is 5.10 Å². The summed E-state index contributed by atoms with van der Waals surface area (Å²) < 4.78 is 49.4. The average Bonchev–Trinajstić information content (AvgIpc) is 0.894. The number of aromatic nitrogens is 4. The SMILES string of the molecule is Cc1c(-c2ccc(N3CCc4cccc(C(=O)Nc5nc6ccccc6s5)c4C3)nc2C(=O)O)cnn1CC12CC3CC(C1)CC(OCCOCCOCCN(C)C(=O)OCc1ccc(CC(=O)[C@H](CCCNC(N)=O)NC(=O)[C@@H](CC(=O)CCOCCOCCOCCOCCNC(=O)CCN4C(=O)C=CC4=O)C(C)C)cc1)(C3)C2. The van der Waals surface area contributed by atoms with E-state index in [4.69, 9.17) is 53.7 Å². The number of ketones is 2. The number of aromatic carboxylic acids is 1. The lowest BCUT2D eigenvalue weighted by atomic mass is 9.48. The zero-order chi connectivity index (χ0) is 82.1. The number of ether oxygens (including phenoxy) is 8. The van der Waals surface area contributed by atoms with Gasteiger partial charge in [0.15, 0.2) is 16.6 Å². The van der Waals surface area contributed by atoms with Crippen molar-refractivity contribution in [3.63, 3.8) is 0 Å². The smallest absolute Gasteiger partial charge is 0.409 e. The Kier molecular flexibility index (Phi) is 31.7. The predicted octanol–water partition coefficient (Wildman–Crippen LogP) is 8.20. The van der Waals surface area contributed by atoms with E-state index >= 15 is 0 Å². The van der Waals surface area contributed by atoms with Gasteiger partial charge in [-0.1, -0.05) is 73.7 Å². The highest BCUT2D eigenvalue weighted by Gasteiger charge is 2.58. The van der Waals surface area contributed by atoms with Crippen LogP contribution in [0.15, 0.2) is 97.2 Å². The van der Waals surface area contributed by atoms with Crippen molar-refractivity contribution in [1.82, 2.24) is 45.5 Å². The first-order valence-corrected chi connectivity index (χ1v) is 40.9. The number of nitrogens with zero attached hydrogens (tertiary/aromatic N) is 7. The summed E-state index contributed by atoms with van der Waals surface area (Å²) in [6.45, 7) is 12.0. The second-order valence-electron chi connectivity index (χ2n) is 30.9. The summed E-state index contributed by atoms with van der Waals surface area (Å²) in [5.74, 6) is -2.79. The molecular formula is C84H108N12O19S. The number of nitrogens with one attached hydrogen (secondary N) is 4. The Morgan fingerprint density at radius 3 is 2.09 bits per heavy atom. The third kappa shape index (κ3) is 24.6. The molecule has 4 aliphatic carbocycles. The number of amides is 8. The van der Waals surface area contributed by atoms with Gasteiger partial charge >= 0.3 is 18.1 Å². The molecule has 4 fully saturated rings. The maximum Gasteiger partial charge on any atom is 0.409 e. The molecule has 6 aromatic rings. The molecule has 624 valence electrons. The van der Waals surface area contributed by atoms with Crippen molar-refractivity contribution in [2.24, 2.45) is 34.8 Å². The zero-order valence-electron chi connectivity index (χ0n) is 66.6. The number of carboxylic acids is 1. The van der Waals surface area contributed by atoms with Crippen LogP contribution in [-0.4, -0.2) is 231 Å². The van der Waals surface area contributed by atoms with Gasteiger partial charge < -0.3 is 74.5 Å². The number of carboxylic acid groups (broad SMARTS) is 1. The van der Waals surface area contributed by atoms with Crippen molar-refractivity contribution in [2.45, 2.75) is 136 Å². The Balaban J connectivity index is 0.540. The molecule has 4 saturated carbocycles. The van der Waals surface area contributed by atoms with E-state index in [2.05, 4.69) is 30.9 Å². The molecule has 0 saturated heterocycles. The van der Waals surface area contributed by atoms with Gasteiger partial charge in [0, 0.05) is 119 Å². The maximum absolute atomic E-state index is 13.9. The normalized spacial score (nSPS) is 18.5. The van der Waals surface area contributed by atoms with E-state index in [0.29, 0.717) is 130 Å². The number of hydrogen-bond acceptors (Lipinski definition) is 23. The van der Waals surface area contributed by atoms with Crippen LogP contribution >= 0.6 is 11.3 Å². The number of para-hydroxylation sites is 1. The molecule has 0 spiro atoms. The Hall–Kier alpha value is -9.93. The number of likely N-dealkylation sites (N-methyl/N-ethyl adjacent to an activating group) is 1. The van der Waals surface area contributed by atoms with Gasteiger partial charge in [0.25, 0.3) is 17.7 Å². The minimum atomic E-state index is -1.14. The van der Waals surface area contributed by atoms with Crippen molar-refractivity contribution in [2.75, 3.05) is 136 Å². The summed E-state index contributed by atoms with van der Waals surface area (Å²) in [5.41, 5.74) is 11.7. The minimum Gasteiger partial charge on any atom is -0.476 e. The largest absolute Gasteiger partial charge is 0.476 e. The quantitative estimate of drug-likeness (QED) is 0.0155. The molecule has 7 N–H and O–H groups in total. The van der Waals surface area contributed by atoms with Crippen LogP contribution in [0.4, 0.5) is 20.5 Å². The number of thiazole rings is 1. The van der Waals surface area contributed by atoms with Gasteiger partial charge in [0.2, 0.25) is 11.8 Å². The fraction of sp³-hybridized carbons (Fsp3) is 0.536. The molecule has 32 heteroatoms. The Morgan fingerprint density at radius 1 is 0.733 bits per heavy atom. The third-order valence-corrected chi connectivity index (χ3v) is 23.0. The molecule has 12 rings (SSSR count). The van der Waals surface area contributed by atoms with E-state index in [9.17, 15) is 53.1 Å². The highest BCUT2D eigenvalue weighted by molar-refractivity contribution is 7.22. The Bertz CT molecular complexity index is 4390. The van der Waals surface area contributed by atoms with Gasteiger partial charge in [0.05, 0.1) is 114 Å². The minimum absolute atomic E-state index is 0.00116. The van der Waals surface area contributed by atoms with Crippen LogP contribution in [0, 0.1) is 36.0 Å². The lowest BCUT2D eigenvalue weighted by Crippen LogP contribution is -2.58. The molecule has 116 heavy (non-hydrogen) atoms. The first-order chi connectivity index (χ1) is 56.0. The lowest BCUT2D eigenvalue weighted by Gasteiger charge is -2.61. The predicted molar refractivity (Wildman–Crippen MR) is 429 cm³/mol. The number of hydrogen-bond donors (Lipinski definition) is 6. The van der Waals surface area contributed by atoms with Crippen LogP contribution < -0.4 is 31.9 Å². The second-order valence-corrected chi connectivity index (χ2v) is 32.0. The summed E-state index contributed by atoms with van der Waals surface area (Å²) in [6, 6.07) is 22.6. The van der Waals surface area contributed by atoms with Gasteiger partial charge in [0.1, 0.15) is 18.2 Å². The molecule has 4 atom stereocenters. The molecule has 0 radical (unpaired) electrons. The molecule has 31 nitrogen and oxygen atoms in total. The molecule has 6 aliphatic rings. The standard InChI is InChI=1S/C84H108N12O19S/c1-55(2)65(45-62(97)24-30-108-33-36-111-39-40-112-37-34-109-31-26-86-73(99)23-28-95-74(100)20-21-75(95)101)78(103)89-68(12-8-25-87-80(85)106)70(98)44-57-14-16-58(17-15-57)52-114-82(107)93(4)29-32-110-35-38-113-41-42-115-84-48-59-43-60(49-84)47-83(46-59,53-84)54-96-56(3)66(50-88-96)63-18-19-72(91-76(63)79(104)105)94-27-22-61-9-7-10-64(67(61)51-94)77(102)92-81-90-69-11-5-6-13-71(69)116-81/h5-7,9-11,13-21,50,55,59-60,65,68H,8,12,22-49,51-54H2,1-4H3,(H,86,99)(H,89,103)(H,104,105)(H3,85,87,106)(H,90,92,102)/t59?,60?,65-,68-,83?,84?/m0/s1. The summed E-state index contributed by atoms with van der Waals surface area (Å²) in [6.07, 6.45) is 11.1. The number of pyridine rings is 1. The first kappa shape index (κ1) is 86.9. The molecule has 2 aliphatic heterocycles. The number of Topliss-reactive ketones (excluding diaryl/α,β-unsaturated/α-hetero) is 2. The number of nitrogens with two attached hydrogens (primary N) is 1. The summed E-state index contributed by atoms with van der Waals surface area (Å²) in [7, 11) is 1.62. The zero-order valence-corrected chi connectivity index (χ0v) is 67.4. The number of carbonyl (C=O) groups is 10. The number of anilines is 2. The van der Waals surface area contributed by atoms with E-state index in [0.717, 1.165) is 69.6 Å². The van der Waals surface area contributed by atoms with Gasteiger partial charge in [-0.05, 0) is 140 Å². The summed E-state index contributed by atoms with van der Waals surface area (Å²) in [5, 5.41) is 27.2. The molecule has 3 aromatic carbocycles. The van der Waals surface area contributed by atoms with Crippen LogP contribution in [0.3, 0.4) is 0 Å². The first-order valence-electron chi connectivity index (χ1n) is 40.0. The molecule has 5 heterocycles. The number of primary amides is 1. The van der Waals surface area contributed by atoms with Crippen molar-refractivity contribution < 1.29 is 90.9 Å². The number of rotatable bonds is 49. The number of urea groups is 1. The van der Waals surface area contributed by atoms with Crippen molar-refractivity contribution in [3.8, 4) is 11.1 Å². The van der Waals surface area contributed by atoms with E-state index in [1.807, 2.05) is 80.3 Å². The number of imide groups is 1. The van der Waals surface area contributed by atoms with Crippen molar-refractivity contribution >= 4 is 91.7 Å². The van der Waals surface area contributed by atoms with Gasteiger partial charge in [-0.3, -0.25) is 48.5 Å². The molecule has 4 bridgehead atoms. The van der Waals surface area contributed by atoms with Crippen LogP contribution in [0.5, 0.6) is 0 Å². The van der Waals surface area contributed by atoms with Crippen LogP contribution in [0.1, 0.15) is 133 Å². The highest BCUT2D eigenvalue weighted by Crippen LogP contribution is 2.63. The topological polar surface area (TPSA) is 392 Å². The fourth-order valence-corrected chi connectivity index (χ4v) is 17.4. The average molecular weight is 1620 g/mol. The van der Waals surface area contributed by atoms with Gasteiger partial charge in [-0.25, -0.2) is 24.4 Å². The number of carbonyl (C=O) groups excluding carboxylic acids is 9. The number of benzene rings is 3. The second kappa shape index (κ2) is 42.3. The summed E-state index contributed by atoms with van der Waals surface area (Å²) >= 11 is 1.42. The Labute approximate surface area is 678 Å². The molecule has 2 unspecified atom stereocenters. The van der Waals surface area contributed by atoms with Crippen LogP contribution in [0.25, 0.3) is 21.3 Å². The maximum atomic E-state index is 13.9. The molecule has 8 amide bonds. The van der Waals surface area contributed by atoms with E-state index in [1.165, 1.54) is 34.8 Å². The van der Waals surface area contributed by atoms with Crippen molar-refractivity contribution in [3.05, 3.63) is 136 Å². The third-order valence-electron chi connectivity index (χ3n) is 22.0. The summed E-state index contributed by atoms with van der Waals surface area (Å²) in [4.78, 5) is 141. The molecule has 3 aromatic heterocycles. The van der Waals surface area contributed by atoms with Crippen LogP contribution in [-0.2, 0) is 99.2 Å². The van der Waals surface area contributed by atoms with E-state index in [1.54, 1.807) is 37.5 Å². The monoisotopic (exact) mass is 1620 g/mol. The van der Waals surface area contributed by atoms with E-state index in [-0.39, 0.29) is 144 Å². The van der Waals surface area contributed by atoms with Crippen molar-refractivity contribution in [1.29, 1.82) is 0 Å². The number of fused-ring (bicyclic) bond motifs is 2. The Morgan fingerprint density at radius 2 is 1.41 bits per heavy atom. The van der Waals surface area contributed by atoms with E-state index < -0.39 is 47.8 Å². The fourth-order valence-electron chi connectivity index (χ4n) is 16.5. The lowest BCUT2D eigenvalue weighted by molar-refractivity contribution is -0.201. The highest BCUT2D eigenvalue weighted by atomic mass is 32.1.